The summed E-state index contributed by atoms with van der Waals surface area (Å²) < 4.78 is 66.3. The molecule has 0 atom stereocenters. The Morgan fingerprint density at radius 3 is 1.45 bits per heavy atom. The van der Waals surface area contributed by atoms with Crippen LogP contribution in [0.25, 0.3) is 0 Å². The van der Waals surface area contributed by atoms with Crippen molar-refractivity contribution in [2.24, 2.45) is 0 Å². The van der Waals surface area contributed by atoms with Crippen molar-refractivity contribution in [3.63, 3.8) is 0 Å². The Bertz CT molecular complexity index is 433. The van der Waals surface area contributed by atoms with Gasteiger partial charge < -0.3 is 14.7 Å². The zero-order valence-corrected chi connectivity index (χ0v) is 10.7. The summed E-state index contributed by atoms with van der Waals surface area (Å²) in [5.41, 5.74) is 2.86. The van der Waals surface area contributed by atoms with Gasteiger partial charge in [0.2, 0.25) is 29.1 Å². The lowest BCUT2D eigenvalue weighted by Crippen LogP contribution is -2.25. The number of halogens is 5. The van der Waals surface area contributed by atoms with Crippen molar-refractivity contribution >= 4 is 7.32 Å². The molecule has 20 heavy (non-hydrogen) atoms. The molecule has 0 bridgehead atoms. The predicted octanol–water partition coefficient (Wildman–Crippen LogP) is 0.413. The maximum atomic E-state index is 12.7. The van der Waals surface area contributed by atoms with E-state index in [0.717, 1.165) is 0 Å². The first-order valence-electron chi connectivity index (χ1n) is 5.02. The van der Waals surface area contributed by atoms with E-state index in [1.807, 2.05) is 26.2 Å². The highest BCUT2D eigenvalue weighted by Crippen LogP contribution is 2.28. The molecule has 0 aliphatic heterocycles. The zero-order chi connectivity index (χ0) is 16.0. The second-order valence-corrected chi connectivity index (χ2v) is 3.46. The van der Waals surface area contributed by atoms with E-state index < -0.39 is 42.2 Å². The minimum atomic E-state index is -2.70. The maximum absolute atomic E-state index is 12.7. The lowest BCUT2D eigenvalue weighted by atomic mass is 10.2. The molecule has 0 unspecified atom stereocenters. The summed E-state index contributed by atoms with van der Waals surface area (Å²) >= 11 is 0. The molecule has 1 rings (SSSR count). The van der Waals surface area contributed by atoms with Gasteiger partial charge in [0.05, 0.1) is 0 Å². The van der Waals surface area contributed by atoms with Crippen LogP contribution in [0.5, 0.6) is 5.75 Å². The highest BCUT2D eigenvalue weighted by Gasteiger charge is 2.29. The number of hydrogen-bond donors (Lipinski definition) is 3. The third kappa shape index (κ3) is 4.92. The van der Waals surface area contributed by atoms with Crippen LogP contribution >= 0.6 is 0 Å². The largest absolute Gasteiger partial charge is 0.707 e. The maximum Gasteiger partial charge on any atom is 0.707 e. The summed E-state index contributed by atoms with van der Waals surface area (Å²) in [5.74, 6) is -13.1. The van der Waals surface area contributed by atoms with Gasteiger partial charge in [-0.2, -0.15) is 8.78 Å². The number of nitrogens with zero attached hydrogens (tertiary/aromatic N) is 1. The lowest BCUT2D eigenvalue weighted by molar-refractivity contribution is 0.263. The van der Waals surface area contributed by atoms with Gasteiger partial charge in [-0.05, 0) is 7.05 Å². The van der Waals surface area contributed by atoms with Crippen molar-refractivity contribution < 1.29 is 36.7 Å². The van der Waals surface area contributed by atoms with E-state index in [9.17, 15) is 22.0 Å². The quantitative estimate of drug-likeness (QED) is 0.248. The van der Waals surface area contributed by atoms with Crippen LogP contribution in [-0.4, -0.2) is 43.5 Å². The molecule has 0 amide bonds. The fourth-order valence-corrected chi connectivity index (χ4v) is 0.794. The molecule has 0 radical (unpaired) electrons. The summed E-state index contributed by atoms with van der Waals surface area (Å²) in [6.45, 7) is 0. The molecule has 0 saturated heterocycles. The predicted molar refractivity (Wildman–Crippen MR) is 59.8 cm³/mol. The Kier molecular flexibility index (Phi) is 7.43. The minimum Gasteiger partial charge on any atom is -0.507 e. The first-order valence-corrected chi connectivity index (χ1v) is 5.02. The molecule has 0 spiro atoms. The average Bonchev–Trinajstić information content (AvgIpc) is 2.39. The third-order valence-corrected chi connectivity index (χ3v) is 1.84. The van der Waals surface area contributed by atoms with Gasteiger partial charge in [-0.15, -0.1) is 0 Å². The van der Waals surface area contributed by atoms with Gasteiger partial charge in [-0.25, -0.2) is 13.2 Å². The molecular weight excluding hydrogens is 290 g/mol. The molecular formula is C9H12BF5N2O3. The van der Waals surface area contributed by atoms with Crippen LogP contribution in [0.1, 0.15) is 0 Å². The van der Waals surface area contributed by atoms with Crippen LogP contribution in [0.3, 0.4) is 0 Å². The summed E-state index contributed by atoms with van der Waals surface area (Å²) in [4.78, 5) is 0. The smallest absolute Gasteiger partial charge is 0.507 e. The van der Waals surface area contributed by atoms with Gasteiger partial charge in [0.15, 0.2) is 5.75 Å². The number of nitrogens with one attached hydrogen (secondary N) is 1. The van der Waals surface area contributed by atoms with Crippen molar-refractivity contribution in [3.05, 3.63) is 29.1 Å². The van der Waals surface area contributed by atoms with Crippen LogP contribution in [0.2, 0.25) is 0 Å². The molecule has 114 valence electrons. The minimum absolute atomic E-state index is 1.75. The van der Waals surface area contributed by atoms with Crippen molar-refractivity contribution in [2.45, 2.75) is 0 Å². The van der Waals surface area contributed by atoms with Crippen LogP contribution in [0.15, 0.2) is 0 Å². The standard InChI is InChI=1S/C6H2BF5O3.C3H10N2/c8-1-2(9)4(11)6(15-7(13)14)5(12)3(1)10;1-4-5(2)3/h13-14H;4H,1-3H3. The van der Waals surface area contributed by atoms with Crippen LogP contribution in [0.4, 0.5) is 22.0 Å². The normalized spacial score (nSPS) is 10.2. The number of benzene rings is 1. The summed E-state index contributed by atoms with van der Waals surface area (Å²) in [6, 6.07) is 0. The van der Waals surface area contributed by atoms with Crippen LogP contribution in [0, 0.1) is 29.1 Å². The molecule has 0 aromatic heterocycles. The van der Waals surface area contributed by atoms with Gasteiger partial charge in [0.1, 0.15) is 0 Å². The molecule has 0 saturated carbocycles. The van der Waals surface area contributed by atoms with E-state index in [1.54, 1.807) is 0 Å². The van der Waals surface area contributed by atoms with Crippen molar-refractivity contribution in [1.29, 1.82) is 0 Å². The average molecular weight is 302 g/mol. The van der Waals surface area contributed by atoms with Crippen LogP contribution < -0.4 is 10.1 Å². The van der Waals surface area contributed by atoms with Gasteiger partial charge in [0.25, 0.3) is 0 Å². The van der Waals surface area contributed by atoms with E-state index in [1.165, 1.54) is 0 Å². The third-order valence-electron chi connectivity index (χ3n) is 1.84. The fourth-order valence-electron chi connectivity index (χ4n) is 0.794. The fraction of sp³-hybridized carbons (Fsp3) is 0.333. The number of rotatable bonds is 3. The van der Waals surface area contributed by atoms with Crippen molar-refractivity contribution in [2.75, 3.05) is 21.1 Å². The second kappa shape index (κ2) is 7.99. The number of hydrazine groups is 1. The topological polar surface area (TPSA) is 65.0 Å². The summed E-state index contributed by atoms with van der Waals surface area (Å²) in [6.07, 6.45) is 0. The molecule has 0 aliphatic carbocycles. The monoisotopic (exact) mass is 302 g/mol. The molecule has 11 heteroatoms. The van der Waals surface area contributed by atoms with E-state index in [2.05, 4.69) is 10.1 Å². The molecule has 1 aromatic carbocycles. The van der Waals surface area contributed by atoms with E-state index in [0.29, 0.717) is 0 Å². The van der Waals surface area contributed by atoms with Crippen molar-refractivity contribution in [1.82, 2.24) is 10.4 Å². The van der Waals surface area contributed by atoms with Crippen LogP contribution in [-0.2, 0) is 0 Å². The Morgan fingerprint density at radius 1 is 0.900 bits per heavy atom. The SMILES string of the molecule is CNN(C)C.OB(O)Oc1c(F)c(F)c(F)c(F)c1F. The molecule has 3 N–H and O–H groups in total. The van der Waals surface area contributed by atoms with Gasteiger partial charge in [-0.1, -0.05) is 0 Å². The van der Waals surface area contributed by atoms with E-state index in [-0.39, 0.29) is 0 Å². The second-order valence-electron chi connectivity index (χ2n) is 3.46. The van der Waals surface area contributed by atoms with Crippen molar-refractivity contribution in [3.8, 4) is 5.75 Å². The number of hydrogen-bond acceptors (Lipinski definition) is 5. The van der Waals surface area contributed by atoms with Gasteiger partial charge in [-0.3, -0.25) is 10.4 Å². The Labute approximate surface area is 111 Å². The Balaban J connectivity index is 0.000000621. The highest BCUT2D eigenvalue weighted by molar-refractivity contribution is 6.33. The molecule has 1 aromatic rings. The first kappa shape index (κ1) is 18.6. The lowest BCUT2D eigenvalue weighted by Gasteiger charge is -2.08. The van der Waals surface area contributed by atoms with Gasteiger partial charge >= 0.3 is 7.32 Å². The Morgan fingerprint density at radius 2 is 1.20 bits per heavy atom. The molecule has 0 heterocycles. The molecule has 0 aliphatic rings. The molecule has 0 fully saturated rings. The summed E-state index contributed by atoms with van der Waals surface area (Å²) in [5, 5.41) is 18.2. The first-order chi connectivity index (χ1) is 9.13. The van der Waals surface area contributed by atoms with E-state index >= 15 is 0 Å². The van der Waals surface area contributed by atoms with Gasteiger partial charge in [0, 0.05) is 14.1 Å². The summed E-state index contributed by atoms with van der Waals surface area (Å²) in [7, 11) is 3.07. The molecule has 5 nitrogen and oxygen atoms in total. The zero-order valence-electron chi connectivity index (χ0n) is 10.7. The van der Waals surface area contributed by atoms with E-state index in [4.69, 9.17) is 10.0 Å². The highest BCUT2D eigenvalue weighted by atomic mass is 19.2. The Hall–Kier alpha value is -1.43.